The monoisotopic (exact) mass is 315 g/mol. The number of aromatic nitrogens is 2. The molecule has 0 aliphatic carbocycles. The Morgan fingerprint density at radius 2 is 2.05 bits per heavy atom. The van der Waals surface area contributed by atoms with Crippen LogP contribution in [-0.4, -0.2) is 9.72 Å². The number of thiophene rings is 1. The fraction of sp³-hybridized carbons (Fsp3) is 0.133. The highest BCUT2D eigenvalue weighted by molar-refractivity contribution is 7.12. The normalized spacial score (nSPS) is 10.5. The lowest BCUT2D eigenvalue weighted by Gasteiger charge is -2.03. The van der Waals surface area contributed by atoms with Crippen molar-refractivity contribution in [2.75, 3.05) is 0 Å². The van der Waals surface area contributed by atoms with Crippen LogP contribution in [0.2, 0.25) is 0 Å². The minimum atomic E-state index is -0.552. The first-order valence-electron chi connectivity index (χ1n) is 6.44. The molecule has 0 N–H and O–H groups in total. The van der Waals surface area contributed by atoms with Gasteiger partial charge >= 0.3 is 5.76 Å². The topological polar surface area (TPSA) is 71.8 Å². The summed E-state index contributed by atoms with van der Waals surface area (Å²) < 4.78 is 19.1. The Labute approximate surface area is 128 Å². The van der Waals surface area contributed by atoms with Gasteiger partial charge in [0.25, 0.3) is 0 Å². The molecule has 0 fully saturated rings. The summed E-state index contributed by atoms with van der Waals surface area (Å²) in [6.45, 7) is 0.297. The van der Waals surface area contributed by atoms with Gasteiger partial charge in [-0.25, -0.2) is 9.18 Å². The molecule has 7 heteroatoms. The Morgan fingerprint density at radius 1 is 1.27 bits per heavy atom. The number of nitriles is 1. The highest BCUT2D eigenvalue weighted by Gasteiger charge is 2.13. The molecule has 0 spiro atoms. The maximum absolute atomic E-state index is 12.9. The molecule has 0 saturated carbocycles. The number of nitrogens with zero attached hydrogens (tertiary/aromatic N) is 3. The first-order chi connectivity index (χ1) is 10.7. The molecule has 0 radical (unpaired) electrons. The summed E-state index contributed by atoms with van der Waals surface area (Å²) in [5.74, 6) is -0.406. The van der Waals surface area contributed by atoms with E-state index in [1.165, 1.54) is 28.0 Å². The van der Waals surface area contributed by atoms with Gasteiger partial charge in [0.05, 0.1) is 6.54 Å². The van der Waals surface area contributed by atoms with Crippen LogP contribution < -0.4 is 5.76 Å². The number of hydrogen-bond acceptors (Lipinski definition) is 5. The zero-order chi connectivity index (χ0) is 15.5. The van der Waals surface area contributed by atoms with Gasteiger partial charge in [0.15, 0.2) is 5.82 Å². The minimum absolute atomic E-state index is 0.297. The van der Waals surface area contributed by atoms with E-state index in [4.69, 9.17) is 9.78 Å². The van der Waals surface area contributed by atoms with E-state index in [0.717, 1.165) is 10.4 Å². The van der Waals surface area contributed by atoms with Gasteiger partial charge in [0, 0.05) is 11.3 Å². The molecule has 0 unspecified atom stereocenters. The van der Waals surface area contributed by atoms with E-state index in [-0.39, 0.29) is 5.82 Å². The van der Waals surface area contributed by atoms with Crippen LogP contribution in [0.5, 0.6) is 0 Å². The Bertz CT molecular complexity index is 887. The molecule has 0 saturated heterocycles. The van der Waals surface area contributed by atoms with E-state index in [2.05, 4.69) is 11.2 Å². The van der Waals surface area contributed by atoms with E-state index in [9.17, 15) is 9.18 Å². The van der Waals surface area contributed by atoms with Gasteiger partial charge in [-0.1, -0.05) is 17.3 Å². The molecule has 3 rings (SSSR count). The first-order valence-corrected chi connectivity index (χ1v) is 7.26. The second-order valence-electron chi connectivity index (χ2n) is 4.63. The van der Waals surface area contributed by atoms with Crippen molar-refractivity contribution in [3.8, 4) is 6.07 Å². The van der Waals surface area contributed by atoms with Crippen molar-refractivity contribution in [3.05, 3.63) is 73.9 Å². The number of rotatable bonds is 4. The summed E-state index contributed by atoms with van der Waals surface area (Å²) in [6.07, 6.45) is 0.364. The smallest absolute Gasteiger partial charge is 0.296 e. The lowest BCUT2D eigenvalue weighted by molar-refractivity contribution is 0.375. The van der Waals surface area contributed by atoms with Crippen molar-refractivity contribution >= 4 is 11.3 Å². The predicted molar refractivity (Wildman–Crippen MR) is 78.1 cm³/mol. The third-order valence-electron chi connectivity index (χ3n) is 3.12. The van der Waals surface area contributed by atoms with Gasteiger partial charge in [0.2, 0.25) is 0 Å². The van der Waals surface area contributed by atoms with Gasteiger partial charge in [-0.05, 0) is 29.8 Å². The van der Waals surface area contributed by atoms with Gasteiger partial charge in [-0.3, -0.25) is 9.09 Å². The SMILES string of the molecule is N#Cc1ccc(Cn2c(Cc3ccc(F)cc3)noc2=O)s1. The minimum Gasteiger partial charge on any atom is -0.296 e. The second-order valence-corrected chi connectivity index (χ2v) is 5.80. The maximum atomic E-state index is 12.9. The van der Waals surface area contributed by atoms with Crippen molar-refractivity contribution in [2.24, 2.45) is 0 Å². The zero-order valence-electron chi connectivity index (χ0n) is 11.3. The molecule has 2 heterocycles. The lowest BCUT2D eigenvalue weighted by Crippen LogP contribution is -2.17. The van der Waals surface area contributed by atoms with Crippen molar-refractivity contribution in [1.29, 1.82) is 5.26 Å². The molecule has 0 bridgehead atoms. The molecule has 0 atom stereocenters. The predicted octanol–water partition coefficient (Wildman–Crippen LogP) is 2.55. The van der Waals surface area contributed by atoms with E-state index in [1.807, 2.05) is 0 Å². The average molecular weight is 315 g/mol. The van der Waals surface area contributed by atoms with Crippen LogP contribution in [0.25, 0.3) is 0 Å². The molecule has 2 aromatic heterocycles. The summed E-state index contributed by atoms with van der Waals surface area (Å²) in [7, 11) is 0. The quantitative estimate of drug-likeness (QED) is 0.742. The summed E-state index contributed by atoms with van der Waals surface area (Å²) in [5.41, 5.74) is 0.826. The summed E-state index contributed by atoms with van der Waals surface area (Å²) >= 11 is 1.32. The van der Waals surface area contributed by atoms with Crippen LogP contribution >= 0.6 is 11.3 Å². The van der Waals surface area contributed by atoms with Crippen LogP contribution in [0.15, 0.2) is 45.7 Å². The van der Waals surface area contributed by atoms with Gasteiger partial charge < -0.3 is 0 Å². The largest absolute Gasteiger partial charge is 0.441 e. The van der Waals surface area contributed by atoms with Crippen molar-refractivity contribution < 1.29 is 8.91 Å². The Balaban J connectivity index is 1.86. The highest BCUT2D eigenvalue weighted by atomic mass is 32.1. The highest BCUT2D eigenvalue weighted by Crippen LogP contribution is 2.17. The van der Waals surface area contributed by atoms with Crippen LogP contribution in [-0.2, 0) is 13.0 Å². The van der Waals surface area contributed by atoms with Gasteiger partial charge in [0.1, 0.15) is 16.8 Å². The van der Waals surface area contributed by atoms with Gasteiger partial charge in [-0.15, -0.1) is 11.3 Å². The Morgan fingerprint density at radius 3 is 2.73 bits per heavy atom. The summed E-state index contributed by atoms with van der Waals surface area (Å²) in [4.78, 5) is 13.2. The van der Waals surface area contributed by atoms with Crippen molar-refractivity contribution in [1.82, 2.24) is 9.72 Å². The molecule has 1 aromatic carbocycles. The summed E-state index contributed by atoms with van der Waals surface area (Å²) in [5, 5.41) is 12.6. The van der Waals surface area contributed by atoms with Gasteiger partial charge in [-0.2, -0.15) is 5.26 Å². The molecule has 5 nitrogen and oxygen atoms in total. The van der Waals surface area contributed by atoms with E-state index in [1.54, 1.807) is 24.3 Å². The molecule has 0 amide bonds. The number of hydrogen-bond donors (Lipinski definition) is 0. The number of halogens is 1. The van der Waals surface area contributed by atoms with E-state index in [0.29, 0.717) is 23.7 Å². The first kappa shape index (κ1) is 14.2. The zero-order valence-corrected chi connectivity index (χ0v) is 12.1. The van der Waals surface area contributed by atoms with Crippen LogP contribution in [0.3, 0.4) is 0 Å². The average Bonchev–Trinajstić information content (AvgIpc) is 3.11. The van der Waals surface area contributed by atoms with E-state index >= 15 is 0 Å². The summed E-state index contributed by atoms with van der Waals surface area (Å²) in [6, 6.07) is 11.5. The molecule has 3 aromatic rings. The fourth-order valence-electron chi connectivity index (χ4n) is 2.04. The lowest BCUT2D eigenvalue weighted by atomic mass is 10.1. The molecule has 0 aliphatic rings. The van der Waals surface area contributed by atoms with Crippen molar-refractivity contribution in [2.45, 2.75) is 13.0 Å². The maximum Gasteiger partial charge on any atom is 0.441 e. The van der Waals surface area contributed by atoms with Crippen LogP contribution in [0.4, 0.5) is 4.39 Å². The third-order valence-corrected chi connectivity index (χ3v) is 4.10. The number of benzene rings is 1. The van der Waals surface area contributed by atoms with Crippen LogP contribution in [0, 0.1) is 17.1 Å². The molecule has 0 aliphatic heterocycles. The van der Waals surface area contributed by atoms with Crippen LogP contribution in [0.1, 0.15) is 21.1 Å². The Hall–Kier alpha value is -2.72. The molecular weight excluding hydrogens is 305 g/mol. The molecule has 22 heavy (non-hydrogen) atoms. The Kier molecular flexibility index (Phi) is 3.85. The molecular formula is C15H10FN3O2S. The van der Waals surface area contributed by atoms with E-state index < -0.39 is 5.76 Å². The molecule has 110 valence electrons. The second kappa shape index (κ2) is 5.95. The fourth-order valence-corrected chi connectivity index (χ4v) is 2.84. The third kappa shape index (κ3) is 2.97. The van der Waals surface area contributed by atoms with Crippen molar-refractivity contribution in [3.63, 3.8) is 0 Å². The standard InChI is InChI=1S/C15H10FN3O2S/c16-11-3-1-10(2-4-11)7-14-18-21-15(20)19(14)9-13-6-5-12(8-17)22-13/h1-6H,7,9H2.